The monoisotopic (exact) mass is 433 g/mol. The van der Waals surface area contributed by atoms with E-state index in [1.807, 2.05) is 0 Å². The van der Waals surface area contributed by atoms with E-state index < -0.39 is 42.4 Å². The number of aliphatic carboxylic acids is 2. The van der Waals surface area contributed by atoms with E-state index in [2.05, 4.69) is 23.3 Å². The van der Waals surface area contributed by atoms with Crippen molar-refractivity contribution in [2.24, 2.45) is 5.73 Å². The van der Waals surface area contributed by atoms with E-state index in [1.54, 1.807) is 0 Å². The van der Waals surface area contributed by atoms with Crippen LogP contribution in [-0.4, -0.2) is 96.7 Å². The highest BCUT2D eigenvalue weighted by Gasteiger charge is 2.20. The number of hydrogen-bond donors (Lipinski definition) is 6. The van der Waals surface area contributed by atoms with Crippen molar-refractivity contribution in [1.82, 2.24) is 10.6 Å². The molecule has 0 aliphatic carbocycles. The Morgan fingerprint density at radius 3 is 1.70 bits per heavy atom. The van der Waals surface area contributed by atoms with Crippen molar-refractivity contribution >= 4 is 36.4 Å². The normalized spacial score (nSPS) is 9.70. The molecule has 2 atom stereocenters. The molecule has 0 heterocycles. The Morgan fingerprint density at radius 1 is 0.926 bits per heavy atom. The van der Waals surface area contributed by atoms with Crippen molar-refractivity contribution < 1.29 is 67.7 Å². The fourth-order valence-electron chi connectivity index (χ4n) is 1.16. The molecule has 2 amide bonds. The van der Waals surface area contributed by atoms with E-state index in [4.69, 9.17) is 15.9 Å². The summed E-state index contributed by atoms with van der Waals surface area (Å²) in [5.41, 5.74) is 5.23. The third-order valence-corrected chi connectivity index (χ3v) is 2.61. The summed E-state index contributed by atoms with van der Waals surface area (Å²) in [7, 11) is 0. The molecule has 0 aromatic carbocycles. The fourth-order valence-corrected chi connectivity index (χ4v) is 1.41. The third-order valence-electron chi connectivity index (χ3n) is 2.25. The van der Waals surface area contributed by atoms with Gasteiger partial charge in [-0.3, -0.25) is 19.2 Å². The van der Waals surface area contributed by atoms with Gasteiger partial charge in [-0.15, -0.1) is 0 Å². The van der Waals surface area contributed by atoms with E-state index in [9.17, 15) is 19.2 Å². The largest absolute Gasteiger partial charge is 0.480 e. The minimum atomic E-state index is -1.22. The topological polar surface area (TPSA) is 379 Å². The van der Waals surface area contributed by atoms with Gasteiger partial charge in [0.05, 0.1) is 0 Å². The van der Waals surface area contributed by atoms with Crippen LogP contribution >= 0.6 is 12.6 Å². The summed E-state index contributed by atoms with van der Waals surface area (Å²) in [5, 5.41) is 21.4. The second kappa shape index (κ2) is 26.1. The van der Waals surface area contributed by atoms with Crippen LogP contribution in [0.4, 0.5) is 0 Å². The lowest BCUT2D eigenvalue weighted by atomic mass is 10.1. The fraction of sp³-hybridized carbons (Fsp3) is 0.600. The van der Waals surface area contributed by atoms with Gasteiger partial charge in [-0.25, -0.2) is 0 Å². The van der Waals surface area contributed by atoms with Crippen LogP contribution in [0.15, 0.2) is 0 Å². The second-order valence-electron chi connectivity index (χ2n) is 3.90. The molecular weight excluding hydrogens is 402 g/mol. The smallest absolute Gasteiger partial charge is 0.322 e. The summed E-state index contributed by atoms with van der Waals surface area (Å²) >= 11 is 3.87. The van der Waals surface area contributed by atoms with Crippen molar-refractivity contribution in [3.05, 3.63) is 0 Å². The first kappa shape index (κ1) is 49.8. The molecule has 27 heavy (non-hydrogen) atoms. The molecule has 0 aromatic heterocycles. The van der Waals surface area contributed by atoms with Crippen molar-refractivity contribution in [3.8, 4) is 0 Å². The highest BCUT2D eigenvalue weighted by atomic mass is 32.1. The molecule has 0 bridgehead atoms. The van der Waals surface area contributed by atoms with E-state index in [0.29, 0.717) is 0 Å². The molecule has 0 saturated carbocycles. The van der Waals surface area contributed by atoms with Gasteiger partial charge in [0.25, 0.3) is 0 Å². The number of carbonyl (C=O) groups excluding carboxylic acids is 2. The van der Waals surface area contributed by atoms with Gasteiger partial charge < -0.3 is 64.9 Å². The molecule has 0 spiro atoms. The average Bonchev–Trinajstić information content (AvgIpc) is 2.38. The summed E-state index contributed by atoms with van der Waals surface area (Å²) in [6.07, 6.45) is -0.235. The molecule has 0 saturated heterocycles. The Labute approximate surface area is 158 Å². The minimum Gasteiger partial charge on any atom is -0.480 e. The van der Waals surface area contributed by atoms with Crippen molar-refractivity contribution in [2.75, 3.05) is 12.3 Å². The Kier molecular flexibility index (Phi) is 48.2. The van der Waals surface area contributed by atoms with Crippen LogP contribution in [-0.2, 0) is 19.2 Å². The molecule has 0 fully saturated rings. The second-order valence-corrected chi connectivity index (χ2v) is 4.26. The van der Waals surface area contributed by atoms with Crippen molar-refractivity contribution in [1.29, 1.82) is 0 Å². The first-order valence-electron chi connectivity index (χ1n) is 5.66. The van der Waals surface area contributed by atoms with E-state index >= 15 is 0 Å². The molecule has 0 aromatic rings. The number of carboxylic acids is 2. The zero-order valence-electron chi connectivity index (χ0n) is 14.0. The summed E-state index contributed by atoms with van der Waals surface area (Å²) in [5.74, 6) is -3.70. The number of nitrogens with one attached hydrogen (secondary N) is 2. The van der Waals surface area contributed by atoms with Crippen LogP contribution in [0, 0.1) is 0 Å². The van der Waals surface area contributed by atoms with Crippen LogP contribution in [0.3, 0.4) is 0 Å². The summed E-state index contributed by atoms with van der Waals surface area (Å²) in [6, 6.07) is -2.15. The van der Waals surface area contributed by atoms with E-state index in [0.717, 1.165) is 0 Å². The number of thiol groups is 1. The van der Waals surface area contributed by atoms with Gasteiger partial charge in [0, 0.05) is 12.2 Å². The van der Waals surface area contributed by atoms with Crippen LogP contribution in [0.2, 0.25) is 0 Å². The molecule has 17 heteroatoms. The zero-order valence-corrected chi connectivity index (χ0v) is 14.9. The molecular formula is C10H31N3O13S. The number of carboxylic acid groups (broad SMARTS) is 2. The Hall–Kier alpha value is -2.09. The van der Waals surface area contributed by atoms with Crippen LogP contribution in [0.5, 0.6) is 0 Å². The van der Waals surface area contributed by atoms with Crippen LogP contribution < -0.4 is 16.4 Å². The van der Waals surface area contributed by atoms with Crippen LogP contribution in [0.1, 0.15) is 12.8 Å². The van der Waals surface area contributed by atoms with Gasteiger partial charge in [0.15, 0.2) is 0 Å². The Morgan fingerprint density at radius 2 is 1.37 bits per heavy atom. The number of rotatable bonds is 9. The maximum atomic E-state index is 11.5. The molecule has 0 aliphatic rings. The molecule has 170 valence electrons. The SMILES string of the molecule is N[C@@H](CCC(=O)N[C@@H](CS)C(=O)NCC(=O)O)C(=O)O.O.O.O.O.O.O.O. The van der Waals surface area contributed by atoms with Gasteiger partial charge >= 0.3 is 11.9 Å². The predicted octanol–water partition coefficient (Wildman–Crippen LogP) is -7.98. The lowest BCUT2D eigenvalue weighted by Gasteiger charge is -2.16. The maximum Gasteiger partial charge on any atom is 0.322 e. The maximum absolute atomic E-state index is 11.5. The first-order valence-corrected chi connectivity index (χ1v) is 6.29. The summed E-state index contributed by atoms with van der Waals surface area (Å²) in [6.45, 7) is -0.567. The molecule has 20 N–H and O–H groups in total. The van der Waals surface area contributed by atoms with Gasteiger partial charge in [-0.05, 0) is 6.42 Å². The van der Waals surface area contributed by atoms with Gasteiger partial charge in [-0.2, -0.15) is 12.6 Å². The van der Waals surface area contributed by atoms with E-state index in [-0.39, 0.29) is 56.9 Å². The molecule has 16 nitrogen and oxygen atoms in total. The quantitative estimate of drug-likeness (QED) is 0.190. The highest BCUT2D eigenvalue weighted by Crippen LogP contribution is 1.97. The van der Waals surface area contributed by atoms with Gasteiger partial charge in [0.1, 0.15) is 18.6 Å². The number of nitrogens with two attached hydrogens (primary N) is 1. The number of amides is 2. The zero-order chi connectivity index (χ0) is 15.7. The van der Waals surface area contributed by atoms with Crippen molar-refractivity contribution in [2.45, 2.75) is 24.9 Å². The molecule has 0 radical (unpaired) electrons. The first-order chi connectivity index (χ1) is 9.27. The number of carbonyl (C=O) groups is 4. The minimum absolute atomic E-state index is 0. The lowest BCUT2D eigenvalue weighted by molar-refractivity contribution is -0.139. The summed E-state index contributed by atoms with van der Waals surface area (Å²) < 4.78 is 0. The molecule has 0 aliphatic heterocycles. The Balaban J connectivity index is -0.0000000860. The molecule has 0 unspecified atom stereocenters. The summed E-state index contributed by atoms with van der Waals surface area (Å²) in [4.78, 5) is 43.7. The lowest BCUT2D eigenvalue weighted by Crippen LogP contribution is -2.49. The van der Waals surface area contributed by atoms with E-state index in [1.165, 1.54) is 0 Å². The predicted molar refractivity (Wildman–Crippen MR) is 96.6 cm³/mol. The highest BCUT2D eigenvalue weighted by molar-refractivity contribution is 7.80. The number of hydrogen-bond acceptors (Lipinski definition) is 6. The Bertz CT molecular complexity index is 399. The standard InChI is InChI=1S/C10H17N3O6S.7H2O/c11-5(10(18)19)1-2-7(14)13-6(4-20)9(17)12-3-8(15)16;;;;;;;/h5-6,20H,1-4,11H2,(H,12,17)(H,13,14)(H,15,16)(H,18,19);7*1H2/t5-,6-;;;;;;;/m0......./s1. The molecule has 0 rings (SSSR count). The average molecular weight is 433 g/mol. The van der Waals surface area contributed by atoms with Gasteiger partial charge in [0.2, 0.25) is 11.8 Å². The van der Waals surface area contributed by atoms with Crippen molar-refractivity contribution in [3.63, 3.8) is 0 Å². The third kappa shape index (κ3) is 23.9. The van der Waals surface area contributed by atoms with Gasteiger partial charge in [-0.1, -0.05) is 0 Å². The van der Waals surface area contributed by atoms with Crippen LogP contribution in [0.25, 0.3) is 0 Å².